The average molecular weight is 331 g/mol. The molecule has 11 heteroatoms. The van der Waals surface area contributed by atoms with Gasteiger partial charge in [0.25, 0.3) is 0 Å². The zero-order chi connectivity index (χ0) is 16.0. The highest BCUT2D eigenvalue weighted by Crippen LogP contribution is 1.95. The van der Waals surface area contributed by atoms with E-state index in [1.54, 1.807) is 0 Å². The Hall–Kier alpha value is -0.230. The zero-order valence-electron chi connectivity index (χ0n) is 13.6. The Morgan fingerprint density at radius 2 is 0.609 bits per heavy atom. The van der Waals surface area contributed by atoms with Crippen molar-refractivity contribution in [3.63, 3.8) is 0 Å². The van der Waals surface area contributed by atoms with Crippen LogP contribution in [0.2, 0.25) is 0 Å². The van der Waals surface area contributed by atoms with Gasteiger partial charge in [-0.05, 0) is 0 Å². The number of rotatable bonds is 0. The maximum atomic E-state index is 5.61. The summed E-state index contributed by atoms with van der Waals surface area (Å²) in [5.41, 5.74) is 0. The third-order valence-electron chi connectivity index (χ3n) is 3.20. The molecule has 2 bridgehead atoms. The minimum absolute atomic E-state index is 0.502. The van der Waals surface area contributed by atoms with Gasteiger partial charge in [0.1, 0.15) is 0 Å². The van der Waals surface area contributed by atoms with Crippen LogP contribution in [0.3, 0.4) is 0 Å². The predicted molar refractivity (Wildman–Crippen MR) is 85.8 cm³/mol. The van der Waals surface area contributed by atoms with E-state index in [4.69, 9.17) is 27.9 Å². The van der Waals surface area contributed by atoms with Crippen molar-refractivity contribution >= 4 is 14.6 Å². The Morgan fingerprint density at radius 3 is 0.826 bits per heavy atom. The summed E-state index contributed by atoms with van der Waals surface area (Å²) < 4.78 is 33.6. The predicted octanol–water partition coefficient (Wildman–Crippen LogP) is -2.15. The molecule has 3 rings (SSSR count). The molecule has 3 saturated heterocycles. The summed E-state index contributed by atoms with van der Waals surface area (Å²) in [5, 5.41) is 9.67. The highest BCUT2D eigenvalue weighted by Gasteiger charge is 2.23. The standard InChI is InChI=1S/C12H27B2N3O6/c1-7-18-13-20-9-3-16-5-11-22-14(19-8-2-15-1)23-12-6-17-4-10-21-13/h15-17H,1-12H2. The van der Waals surface area contributed by atoms with E-state index < -0.39 is 14.6 Å². The first-order chi connectivity index (χ1) is 11.4. The quantitative estimate of drug-likeness (QED) is 0.339. The van der Waals surface area contributed by atoms with E-state index in [1.165, 1.54) is 0 Å². The average Bonchev–Trinajstić information content (AvgIpc) is 2.55. The van der Waals surface area contributed by atoms with Gasteiger partial charge < -0.3 is 43.9 Å². The molecule has 0 aromatic carbocycles. The molecule has 0 aromatic rings. The van der Waals surface area contributed by atoms with Gasteiger partial charge in [-0.3, -0.25) is 0 Å². The topological polar surface area (TPSA) is 91.5 Å². The molecule has 0 aliphatic carbocycles. The molecule has 0 atom stereocenters. The van der Waals surface area contributed by atoms with Crippen LogP contribution < -0.4 is 16.0 Å². The minimum atomic E-state index is -0.644. The fourth-order valence-electron chi connectivity index (χ4n) is 2.03. The van der Waals surface area contributed by atoms with Crippen molar-refractivity contribution in [2.45, 2.75) is 0 Å². The molecule has 0 spiro atoms. The number of hydrogen-bond acceptors (Lipinski definition) is 9. The van der Waals surface area contributed by atoms with Crippen LogP contribution in [0.1, 0.15) is 0 Å². The molecule has 0 radical (unpaired) electrons. The van der Waals surface area contributed by atoms with E-state index in [9.17, 15) is 0 Å². The molecular formula is C12H27B2N3O6. The maximum absolute atomic E-state index is 5.61. The molecule has 3 heterocycles. The summed E-state index contributed by atoms with van der Waals surface area (Å²) in [6.45, 7) is 7.15. The molecule has 0 saturated carbocycles. The van der Waals surface area contributed by atoms with Crippen molar-refractivity contribution in [3.05, 3.63) is 0 Å². The minimum Gasteiger partial charge on any atom is -0.385 e. The van der Waals surface area contributed by atoms with Gasteiger partial charge in [-0.1, -0.05) is 0 Å². The van der Waals surface area contributed by atoms with Gasteiger partial charge in [-0.2, -0.15) is 0 Å². The molecule has 132 valence electrons. The smallest absolute Gasteiger partial charge is 0.385 e. The lowest BCUT2D eigenvalue weighted by Crippen LogP contribution is -2.39. The third kappa shape index (κ3) is 9.60. The molecule has 3 aliphatic heterocycles. The van der Waals surface area contributed by atoms with Crippen molar-refractivity contribution < 1.29 is 27.9 Å². The molecule has 0 amide bonds. The lowest BCUT2D eigenvalue weighted by Gasteiger charge is -2.18. The van der Waals surface area contributed by atoms with Crippen molar-refractivity contribution in [1.82, 2.24) is 16.0 Å². The largest absolute Gasteiger partial charge is 0.639 e. The van der Waals surface area contributed by atoms with Crippen LogP contribution in [0.25, 0.3) is 0 Å². The van der Waals surface area contributed by atoms with E-state index in [0.29, 0.717) is 78.9 Å². The summed E-state index contributed by atoms with van der Waals surface area (Å²) in [7, 11) is -1.29. The molecule has 23 heavy (non-hydrogen) atoms. The maximum Gasteiger partial charge on any atom is 0.639 e. The number of fused-ring (bicyclic) bond motifs is 18. The Kier molecular flexibility index (Phi) is 10.9. The van der Waals surface area contributed by atoms with E-state index >= 15 is 0 Å². The molecule has 3 N–H and O–H groups in total. The van der Waals surface area contributed by atoms with Gasteiger partial charge in [-0.25, -0.2) is 0 Å². The second kappa shape index (κ2) is 13.1. The summed E-state index contributed by atoms with van der Waals surface area (Å²) in [6, 6.07) is 0. The first-order valence-corrected chi connectivity index (χ1v) is 8.27. The first-order valence-electron chi connectivity index (χ1n) is 8.27. The fraction of sp³-hybridized carbons (Fsp3) is 1.00. The molecule has 3 aliphatic rings. The van der Waals surface area contributed by atoms with Gasteiger partial charge in [0.15, 0.2) is 0 Å². The van der Waals surface area contributed by atoms with Gasteiger partial charge in [-0.15, -0.1) is 0 Å². The highest BCUT2D eigenvalue weighted by molar-refractivity contribution is 6.36. The van der Waals surface area contributed by atoms with Crippen LogP contribution >= 0.6 is 0 Å². The Morgan fingerprint density at radius 1 is 0.391 bits per heavy atom. The van der Waals surface area contributed by atoms with Gasteiger partial charge in [0.05, 0.1) is 0 Å². The fourth-order valence-corrected chi connectivity index (χ4v) is 2.03. The van der Waals surface area contributed by atoms with E-state index in [-0.39, 0.29) is 0 Å². The lowest BCUT2D eigenvalue weighted by molar-refractivity contribution is 0.0803. The van der Waals surface area contributed by atoms with E-state index in [1.807, 2.05) is 0 Å². The second-order valence-electron chi connectivity index (χ2n) is 5.05. The van der Waals surface area contributed by atoms with Crippen molar-refractivity contribution in [1.29, 1.82) is 0 Å². The molecule has 0 aromatic heterocycles. The summed E-state index contributed by atoms with van der Waals surface area (Å²) in [4.78, 5) is 0. The number of nitrogens with one attached hydrogen (secondary N) is 3. The second-order valence-corrected chi connectivity index (χ2v) is 5.05. The SMILES string of the molecule is C1COB2OCCNCCOB(OCCN1)OCCNCCO2. The third-order valence-corrected chi connectivity index (χ3v) is 3.20. The summed E-state index contributed by atoms with van der Waals surface area (Å²) in [6.07, 6.45) is 0. The number of hydrogen-bond donors (Lipinski definition) is 3. The Balaban J connectivity index is 1.88. The van der Waals surface area contributed by atoms with Gasteiger partial charge >= 0.3 is 14.6 Å². The monoisotopic (exact) mass is 331 g/mol. The Bertz CT molecular complexity index is 229. The van der Waals surface area contributed by atoms with Gasteiger partial charge in [0, 0.05) is 78.9 Å². The van der Waals surface area contributed by atoms with Crippen LogP contribution in [0, 0.1) is 0 Å². The molecule has 3 fully saturated rings. The molecular weight excluding hydrogens is 304 g/mol. The lowest BCUT2D eigenvalue weighted by atomic mass is 10.2. The van der Waals surface area contributed by atoms with Crippen molar-refractivity contribution in [2.24, 2.45) is 0 Å². The van der Waals surface area contributed by atoms with Crippen LogP contribution in [0.5, 0.6) is 0 Å². The van der Waals surface area contributed by atoms with Crippen LogP contribution in [0.4, 0.5) is 0 Å². The molecule has 0 unspecified atom stereocenters. The zero-order valence-corrected chi connectivity index (χ0v) is 13.6. The van der Waals surface area contributed by atoms with E-state index in [0.717, 1.165) is 0 Å². The summed E-state index contributed by atoms with van der Waals surface area (Å²) >= 11 is 0. The van der Waals surface area contributed by atoms with Crippen LogP contribution in [0.15, 0.2) is 0 Å². The highest BCUT2D eigenvalue weighted by atomic mass is 16.7. The summed E-state index contributed by atoms with van der Waals surface area (Å²) in [5.74, 6) is 0. The molecule has 9 nitrogen and oxygen atoms in total. The van der Waals surface area contributed by atoms with Crippen molar-refractivity contribution in [2.75, 3.05) is 78.9 Å². The van der Waals surface area contributed by atoms with Crippen LogP contribution in [-0.4, -0.2) is 93.6 Å². The van der Waals surface area contributed by atoms with E-state index in [2.05, 4.69) is 16.0 Å². The Labute approximate surface area is 138 Å². The van der Waals surface area contributed by atoms with Crippen molar-refractivity contribution in [3.8, 4) is 0 Å². The normalized spacial score (nSPS) is 25.0. The van der Waals surface area contributed by atoms with Crippen LogP contribution in [-0.2, 0) is 27.9 Å². The van der Waals surface area contributed by atoms with Gasteiger partial charge in [0.2, 0.25) is 0 Å². The first kappa shape index (κ1) is 19.1.